The standard InChI is InChI=1S/C25H29FN6O2/c1-25(2,3)29-24(33)31-11-8-16(9-12-31)19-14-27-22(32-15-28-30-23(19)32)7-4-17-18-10-13-34-21(18)6-5-20(17)26/h5-6,8,14-15H,4,7,9-13H2,1-3H3,(H,29,33). The van der Waals surface area contributed by atoms with Crippen LogP contribution in [0.15, 0.2) is 30.7 Å². The number of urea groups is 1. The Labute approximate surface area is 197 Å². The summed E-state index contributed by atoms with van der Waals surface area (Å²) in [6, 6.07) is 3.12. The highest BCUT2D eigenvalue weighted by atomic mass is 19.1. The van der Waals surface area contributed by atoms with Gasteiger partial charge in [-0.05, 0) is 56.9 Å². The van der Waals surface area contributed by atoms with Gasteiger partial charge in [-0.15, -0.1) is 10.2 Å². The fraction of sp³-hybridized carbons (Fsp3) is 0.440. The first-order valence-electron chi connectivity index (χ1n) is 11.7. The van der Waals surface area contributed by atoms with E-state index in [2.05, 4.69) is 21.6 Å². The zero-order chi connectivity index (χ0) is 23.9. The molecule has 0 saturated heterocycles. The Morgan fingerprint density at radius 2 is 2.09 bits per heavy atom. The number of aromatic nitrogens is 4. The van der Waals surface area contributed by atoms with Gasteiger partial charge in [0.1, 0.15) is 23.7 Å². The molecule has 1 aromatic carbocycles. The van der Waals surface area contributed by atoms with Crippen LogP contribution in [0.4, 0.5) is 9.18 Å². The third-order valence-corrected chi connectivity index (χ3v) is 6.27. The molecular weight excluding hydrogens is 435 g/mol. The predicted octanol–water partition coefficient (Wildman–Crippen LogP) is 3.58. The number of hydrogen-bond donors (Lipinski definition) is 1. The van der Waals surface area contributed by atoms with Crippen LogP contribution < -0.4 is 10.1 Å². The number of rotatable bonds is 4. The van der Waals surface area contributed by atoms with Crippen LogP contribution in [0.2, 0.25) is 0 Å². The number of carbonyl (C=O) groups is 1. The maximum atomic E-state index is 14.5. The molecule has 8 nitrogen and oxygen atoms in total. The molecule has 0 unspecified atom stereocenters. The molecule has 0 atom stereocenters. The minimum atomic E-state index is -0.274. The summed E-state index contributed by atoms with van der Waals surface area (Å²) in [6.45, 7) is 7.66. The second-order valence-corrected chi connectivity index (χ2v) is 9.82. The second kappa shape index (κ2) is 8.70. The Morgan fingerprint density at radius 3 is 2.85 bits per heavy atom. The Bertz CT molecular complexity index is 1280. The van der Waals surface area contributed by atoms with Crippen molar-refractivity contribution in [2.75, 3.05) is 19.7 Å². The average Bonchev–Trinajstić information content (AvgIpc) is 3.47. The number of carbonyl (C=O) groups excluding carboxylic acids is 1. The number of nitrogens with zero attached hydrogens (tertiary/aromatic N) is 5. The van der Waals surface area contributed by atoms with Crippen LogP contribution >= 0.6 is 0 Å². The number of fused-ring (bicyclic) bond motifs is 2. The molecule has 2 amide bonds. The molecular formula is C25H29FN6O2. The average molecular weight is 465 g/mol. The number of hydrogen-bond acceptors (Lipinski definition) is 5. The van der Waals surface area contributed by atoms with E-state index in [0.29, 0.717) is 44.5 Å². The fourth-order valence-electron chi connectivity index (χ4n) is 4.60. The van der Waals surface area contributed by atoms with Crippen molar-refractivity contribution < 1.29 is 13.9 Å². The highest BCUT2D eigenvalue weighted by Gasteiger charge is 2.24. The summed E-state index contributed by atoms with van der Waals surface area (Å²) in [5, 5.41) is 11.4. The highest BCUT2D eigenvalue weighted by Crippen LogP contribution is 2.31. The summed E-state index contributed by atoms with van der Waals surface area (Å²) in [6.07, 6.45) is 8.06. The van der Waals surface area contributed by atoms with Gasteiger partial charge in [-0.1, -0.05) is 6.08 Å². The van der Waals surface area contributed by atoms with Gasteiger partial charge in [0.15, 0.2) is 5.65 Å². The van der Waals surface area contributed by atoms with Crippen molar-refractivity contribution >= 4 is 17.3 Å². The van der Waals surface area contributed by atoms with Gasteiger partial charge >= 0.3 is 6.03 Å². The molecule has 0 spiro atoms. The molecule has 4 heterocycles. The molecule has 178 valence electrons. The van der Waals surface area contributed by atoms with Crippen molar-refractivity contribution in [2.24, 2.45) is 0 Å². The van der Waals surface area contributed by atoms with E-state index in [1.165, 1.54) is 6.07 Å². The monoisotopic (exact) mass is 464 g/mol. The van der Waals surface area contributed by atoms with Gasteiger partial charge in [0.2, 0.25) is 0 Å². The topological polar surface area (TPSA) is 84.7 Å². The molecule has 34 heavy (non-hydrogen) atoms. The maximum absolute atomic E-state index is 14.5. The minimum absolute atomic E-state index is 0.0612. The summed E-state index contributed by atoms with van der Waals surface area (Å²) in [5.74, 6) is 1.36. The molecule has 2 aliphatic heterocycles. The molecule has 3 aromatic rings. The summed E-state index contributed by atoms with van der Waals surface area (Å²) in [5.41, 5.74) is 4.13. The lowest BCUT2D eigenvalue weighted by molar-refractivity contribution is 0.193. The summed E-state index contributed by atoms with van der Waals surface area (Å²) >= 11 is 0. The lowest BCUT2D eigenvalue weighted by Crippen LogP contribution is -2.49. The van der Waals surface area contributed by atoms with Crippen LogP contribution in [0.1, 0.15) is 49.7 Å². The Kier molecular flexibility index (Phi) is 5.71. The fourth-order valence-corrected chi connectivity index (χ4v) is 4.60. The number of halogens is 1. The van der Waals surface area contributed by atoms with E-state index < -0.39 is 0 Å². The largest absolute Gasteiger partial charge is 0.493 e. The van der Waals surface area contributed by atoms with Gasteiger partial charge in [-0.2, -0.15) is 0 Å². The van der Waals surface area contributed by atoms with Crippen LogP contribution in [0, 0.1) is 5.82 Å². The number of aryl methyl sites for hydroxylation is 1. The van der Waals surface area contributed by atoms with Crippen LogP contribution in [0.3, 0.4) is 0 Å². The van der Waals surface area contributed by atoms with E-state index in [9.17, 15) is 9.18 Å². The molecule has 5 rings (SSSR count). The first-order chi connectivity index (χ1) is 16.3. The van der Waals surface area contributed by atoms with Crippen molar-refractivity contribution in [1.82, 2.24) is 29.8 Å². The quantitative estimate of drug-likeness (QED) is 0.638. The first kappa shape index (κ1) is 22.3. The van der Waals surface area contributed by atoms with Gasteiger partial charge in [-0.3, -0.25) is 4.40 Å². The molecule has 9 heteroatoms. The molecule has 0 saturated carbocycles. The second-order valence-electron chi connectivity index (χ2n) is 9.82. The van der Waals surface area contributed by atoms with Gasteiger partial charge in [0, 0.05) is 48.8 Å². The van der Waals surface area contributed by atoms with Gasteiger partial charge < -0.3 is 15.0 Å². The Morgan fingerprint density at radius 1 is 1.24 bits per heavy atom. The molecule has 2 aromatic heterocycles. The molecule has 2 aliphatic rings. The van der Waals surface area contributed by atoms with Crippen LogP contribution in [-0.2, 0) is 19.3 Å². The summed E-state index contributed by atoms with van der Waals surface area (Å²) in [7, 11) is 0. The summed E-state index contributed by atoms with van der Waals surface area (Å²) in [4.78, 5) is 19.0. The molecule has 1 N–H and O–H groups in total. The SMILES string of the molecule is CC(C)(C)NC(=O)N1CC=C(c2cnc(CCc3c(F)ccc4c3CCO4)n3cnnc23)CC1. The smallest absolute Gasteiger partial charge is 0.318 e. The van der Waals surface area contributed by atoms with Crippen molar-refractivity contribution in [3.63, 3.8) is 0 Å². The Hall–Kier alpha value is -3.49. The van der Waals surface area contributed by atoms with Crippen LogP contribution in [-0.4, -0.2) is 55.7 Å². The molecule has 0 aliphatic carbocycles. The van der Waals surface area contributed by atoms with Crippen molar-refractivity contribution in [2.45, 2.75) is 52.0 Å². The highest BCUT2D eigenvalue weighted by molar-refractivity contribution is 5.79. The maximum Gasteiger partial charge on any atom is 0.318 e. The van der Waals surface area contributed by atoms with E-state index in [1.54, 1.807) is 17.3 Å². The number of benzene rings is 1. The van der Waals surface area contributed by atoms with E-state index in [4.69, 9.17) is 9.72 Å². The van der Waals surface area contributed by atoms with Crippen molar-refractivity contribution in [3.8, 4) is 5.75 Å². The predicted molar refractivity (Wildman–Crippen MR) is 126 cm³/mol. The summed E-state index contributed by atoms with van der Waals surface area (Å²) < 4.78 is 22.0. The lowest BCUT2D eigenvalue weighted by Gasteiger charge is -2.30. The minimum Gasteiger partial charge on any atom is -0.493 e. The molecule has 0 fully saturated rings. The normalized spacial score (nSPS) is 15.8. The number of amides is 2. The van der Waals surface area contributed by atoms with E-state index in [1.807, 2.05) is 31.4 Å². The number of ether oxygens (including phenoxy) is 1. The van der Waals surface area contributed by atoms with Gasteiger partial charge in [0.05, 0.1) is 6.61 Å². The molecule has 0 radical (unpaired) electrons. The van der Waals surface area contributed by atoms with E-state index in [-0.39, 0.29) is 17.4 Å². The first-order valence-corrected chi connectivity index (χ1v) is 11.7. The van der Waals surface area contributed by atoms with Gasteiger partial charge in [0.25, 0.3) is 0 Å². The zero-order valence-electron chi connectivity index (χ0n) is 19.8. The van der Waals surface area contributed by atoms with Crippen LogP contribution in [0.5, 0.6) is 5.75 Å². The molecule has 0 bridgehead atoms. The van der Waals surface area contributed by atoms with Crippen molar-refractivity contribution in [1.29, 1.82) is 0 Å². The lowest BCUT2D eigenvalue weighted by atomic mass is 9.99. The third kappa shape index (κ3) is 4.34. The van der Waals surface area contributed by atoms with E-state index in [0.717, 1.165) is 40.3 Å². The van der Waals surface area contributed by atoms with Crippen molar-refractivity contribution in [3.05, 3.63) is 59.1 Å². The zero-order valence-corrected chi connectivity index (χ0v) is 19.8. The number of nitrogens with one attached hydrogen (secondary N) is 1. The Balaban J connectivity index is 1.34. The van der Waals surface area contributed by atoms with Gasteiger partial charge in [-0.25, -0.2) is 14.2 Å². The third-order valence-electron chi connectivity index (χ3n) is 6.27. The van der Waals surface area contributed by atoms with E-state index >= 15 is 0 Å². The van der Waals surface area contributed by atoms with Crippen LogP contribution in [0.25, 0.3) is 11.2 Å².